The number of pyridine rings is 1. The van der Waals surface area contributed by atoms with Crippen molar-refractivity contribution >= 4 is 11.4 Å². The van der Waals surface area contributed by atoms with Crippen molar-refractivity contribution in [3.05, 3.63) is 51.0 Å². The van der Waals surface area contributed by atoms with Crippen molar-refractivity contribution in [3.63, 3.8) is 0 Å². The average molecular weight is 235 g/mol. The van der Waals surface area contributed by atoms with Gasteiger partial charge in [0.25, 0.3) is 0 Å². The lowest BCUT2D eigenvalue weighted by molar-refractivity contribution is -0.385. The smallest absolute Gasteiger partial charge is 0.258 e. The first-order valence-electron chi connectivity index (χ1n) is 4.38. The zero-order valence-electron chi connectivity index (χ0n) is 8.26. The van der Waals surface area contributed by atoms with Crippen LogP contribution in [0.4, 0.5) is 11.4 Å². The van der Waals surface area contributed by atoms with Crippen molar-refractivity contribution in [2.24, 2.45) is 0 Å². The molecule has 0 spiro atoms. The SMILES string of the molecule is O=[N+]([O-])c1cnn(-c2ncccc2[N+](=O)[O-])c1. The summed E-state index contributed by atoms with van der Waals surface area (Å²) in [6, 6.07) is 2.65. The molecule has 17 heavy (non-hydrogen) atoms. The Morgan fingerprint density at radius 2 is 2.00 bits per heavy atom. The lowest BCUT2D eigenvalue weighted by Gasteiger charge is -1.99. The van der Waals surface area contributed by atoms with E-state index in [4.69, 9.17) is 0 Å². The van der Waals surface area contributed by atoms with Crippen LogP contribution in [0.5, 0.6) is 0 Å². The van der Waals surface area contributed by atoms with E-state index < -0.39 is 9.85 Å². The Morgan fingerprint density at radius 3 is 2.59 bits per heavy atom. The third-order valence-electron chi connectivity index (χ3n) is 1.96. The number of aromatic nitrogens is 3. The Hall–Kier alpha value is -2.84. The molecule has 2 rings (SSSR count). The van der Waals surface area contributed by atoms with Crippen molar-refractivity contribution < 1.29 is 9.85 Å². The second-order valence-electron chi connectivity index (χ2n) is 3.00. The van der Waals surface area contributed by atoms with Crippen molar-refractivity contribution in [2.75, 3.05) is 0 Å². The fourth-order valence-electron chi connectivity index (χ4n) is 1.23. The molecule has 2 heterocycles. The predicted molar refractivity (Wildman–Crippen MR) is 54.7 cm³/mol. The van der Waals surface area contributed by atoms with Gasteiger partial charge in [-0.1, -0.05) is 0 Å². The number of hydrogen-bond acceptors (Lipinski definition) is 6. The molecule has 0 aliphatic rings. The topological polar surface area (TPSA) is 117 Å². The van der Waals surface area contributed by atoms with Gasteiger partial charge in [-0.2, -0.15) is 5.10 Å². The summed E-state index contributed by atoms with van der Waals surface area (Å²) in [5.41, 5.74) is -0.532. The molecule has 86 valence electrons. The van der Waals surface area contributed by atoms with Gasteiger partial charge in [-0.15, -0.1) is 0 Å². The molecule has 0 unspecified atom stereocenters. The largest absolute Gasteiger partial charge is 0.313 e. The van der Waals surface area contributed by atoms with Crippen LogP contribution in [-0.2, 0) is 0 Å². The van der Waals surface area contributed by atoms with Gasteiger partial charge in [0.05, 0.1) is 9.85 Å². The predicted octanol–water partition coefficient (Wildman–Crippen LogP) is 1.08. The molecule has 0 bridgehead atoms. The van der Waals surface area contributed by atoms with Crippen LogP contribution in [0.15, 0.2) is 30.7 Å². The third kappa shape index (κ3) is 1.93. The van der Waals surface area contributed by atoms with E-state index in [9.17, 15) is 20.2 Å². The Bertz CT molecular complexity index is 593. The molecule has 0 saturated carbocycles. The van der Waals surface area contributed by atoms with Crippen LogP contribution in [0.25, 0.3) is 5.82 Å². The highest BCUT2D eigenvalue weighted by Crippen LogP contribution is 2.20. The fraction of sp³-hybridized carbons (Fsp3) is 0. The molecule has 9 nitrogen and oxygen atoms in total. The molecular formula is C8H5N5O4. The monoisotopic (exact) mass is 235 g/mol. The summed E-state index contributed by atoms with van der Waals surface area (Å²) in [7, 11) is 0. The maximum absolute atomic E-state index is 10.7. The molecule has 0 N–H and O–H groups in total. The summed E-state index contributed by atoms with van der Waals surface area (Å²) in [5, 5.41) is 24.8. The van der Waals surface area contributed by atoms with Crippen molar-refractivity contribution in [1.29, 1.82) is 0 Å². The lowest BCUT2D eigenvalue weighted by Crippen LogP contribution is -2.02. The minimum Gasteiger partial charge on any atom is -0.258 e. The molecule has 0 radical (unpaired) electrons. The van der Waals surface area contributed by atoms with E-state index in [0.717, 1.165) is 17.1 Å². The van der Waals surface area contributed by atoms with Crippen molar-refractivity contribution in [3.8, 4) is 5.82 Å². The Labute approximate surface area is 93.6 Å². The first kappa shape index (κ1) is 10.7. The highest BCUT2D eigenvalue weighted by Gasteiger charge is 2.19. The first-order chi connectivity index (χ1) is 8.09. The average Bonchev–Trinajstić information content (AvgIpc) is 2.78. The molecule has 0 aromatic carbocycles. The standard InChI is InChI=1S/C8H5N5O4/c14-12(15)6-4-10-11(5-6)8-7(13(16)17)2-1-3-9-8/h1-5H. The lowest BCUT2D eigenvalue weighted by atomic mass is 10.4. The number of nitrogens with zero attached hydrogens (tertiary/aromatic N) is 5. The maximum atomic E-state index is 10.7. The van der Waals surface area contributed by atoms with Gasteiger partial charge in [0.1, 0.15) is 12.4 Å². The molecule has 0 amide bonds. The third-order valence-corrected chi connectivity index (χ3v) is 1.96. The molecule has 0 atom stereocenters. The second kappa shape index (κ2) is 3.96. The van der Waals surface area contributed by atoms with E-state index in [2.05, 4.69) is 10.1 Å². The quantitative estimate of drug-likeness (QED) is 0.580. The summed E-state index contributed by atoms with van der Waals surface area (Å²) >= 11 is 0. The first-order valence-corrected chi connectivity index (χ1v) is 4.38. The number of hydrogen-bond donors (Lipinski definition) is 0. The zero-order chi connectivity index (χ0) is 12.4. The Kier molecular flexibility index (Phi) is 2.49. The molecule has 2 aromatic rings. The zero-order valence-corrected chi connectivity index (χ0v) is 8.26. The molecule has 0 aliphatic carbocycles. The molecule has 0 saturated heterocycles. The van der Waals surface area contributed by atoms with Gasteiger partial charge in [-0.25, -0.2) is 9.67 Å². The fourth-order valence-corrected chi connectivity index (χ4v) is 1.23. The Balaban J connectivity index is 2.52. The Morgan fingerprint density at radius 1 is 1.24 bits per heavy atom. The molecular weight excluding hydrogens is 230 g/mol. The van der Waals surface area contributed by atoms with E-state index in [-0.39, 0.29) is 17.2 Å². The summed E-state index contributed by atoms with van der Waals surface area (Å²) in [4.78, 5) is 23.7. The van der Waals surface area contributed by atoms with Gasteiger partial charge >= 0.3 is 11.4 Å². The summed E-state index contributed by atoms with van der Waals surface area (Å²) in [5.74, 6) is -0.0643. The van der Waals surface area contributed by atoms with E-state index in [1.165, 1.54) is 18.3 Å². The van der Waals surface area contributed by atoms with Crippen LogP contribution >= 0.6 is 0 Å². The van der Waals surface area contributed by atoms with Gasteiger partial charge in [0.15, 0.2) is 0 Å². The highest BCUT2D eigenvalue weighted by molar-refractivity contribution is 5.46. The summed E-state index contributed by atoms with van der Waals surface area (Å²) < 4.78 is 0.996. The van der Waals surface area contributed by atoms with Crippen LogP contribution in [0.2, 0.25) is 0 Å². The summed E-state index contributed by atoms with van der Waals surface area (Å²) in [6.07, 6.45) is 3.41. The highest BCUT2D eigenvalue weighted by atomic mass is 16.6. The van der Waals surface area contributed by atoms with Crippen LogP contribution < -0.4 is 0 Å². The van der Waals surface area contributed by atoms with Gasteiger partial charge < -0.3 is 0 Å². The van der Waals surface area contributed by atoms with Crippen molar-refractivity contribution in [2.45, 2.75) is 0 Å². The van der Waals surface area contributed by atoms with Gasteiger partial charge in [-0.3, -0.25) is 20.2 Å². The minimum absolute atomic E-state index is 0.0643. The van der Waals surface area contributed by atoms with Gasteiger partial charge in [-0.05, 0) is 6.07 Å². The van der Waals surface area contributed by atoms with E-state index in [1.807, 2.05) is 0 Å². The van der Waals surface area contributed by atoms with E-state index in [0.29, 0.717) is 0 Å². The van der Waals surface area contributed by atoms with Crippen LogP contribution in [0.1, 0.15) is 0 Å². The minimum atomic E-state index is -0.641. The molecule has 2 aromatic heterocycles. The normalized spacial score (nSPS) is 10.1. The second-order valence-corrected chi connectivity index (χ2v) is 3.00. The number of rotatable bonds is 3. The van der Waals surface area contributed by atoms with Crippen molar-refractivity contribution in [1.82, 2.24) is 14.8 Å². The van der Waals surface area contributed by atoms with Crippen LogP contribution in [0, 0.1) is 20.2 Å². The summed E-state index contributed by atoms with van der Waals surface area (Å²) in [6.45, 7) is 0. The van der Waals surface area contributed by atoms with Gasteiger partial charge in [0.2, 0.25) is 5.82 Å². The van der Waals surface area contributed by atoms with Crippen LogP contribution in [0.3, 0.4) is 0 Å². The molecule has 0 fully saturated rings. The number of nitro groups is 2. The maximum Gasteiger partial charge on any atom is 0.313 e. The van der Waals surface area contributed by atoms with Crippen LogP contribution in [-0.4, -0.2) is 24.6 Å². The van der Waals surface area contributed by atoms with Gasteiger partial charge in [0, 0.05) is 12.3 Å². The molecule has 9 heteroatoms. The van der Waals surface area contributed by atoms with E-state index in [1.54, 1.807) is 0 Å². The van der Waals surface area contributed by atoms with E-state index >= 15 is 0 Å². The molecule has 0 aliphatic heterocycles.